The maximum Gasteiger partial charge on any atom is 0.335 e. The molecule has 9 nitrogen and oxygen atoms in total. The molecule has 2 aromatic carbocycles. The van der Waals surface area contributed by atoms with Crippen LogP contribution in [0.1, 0.15) is 15.9 Å². The molecule has 9 heteroatoms. The maximum atomic E-state index is 13.3. The molecule has 0 aliphatic heterocycles. The number of rotatable bonds is 11. The molecule has 0 saturated heterocycles. The van der Waals surface area contributed by atoms with E-state index in [1.807, 2.05) is 0 Å². The molecule has 0 amide bonds. The largest absolute Gasteiger partial charge is 0.461 e. The summed E-state index contributed by atoms with van der Waals surface area (Å²) in [5.41, 5.74) is -0.150. The van der Waals surface area contributed by atoms with Gasteiger partial charge in [-0.05, 0) is 30.3 Å². The smallest absolute Gasteiger partial charge is 0.335 e. The first kappa shape index (κ1) is 25.5. The molecule has 0 bridgehead atoms. The molecular weight excluding hydrogens is 444 g/mol. The Balaban J connectivity index is 2.56. The van der Waals surface area contributed by atoms with Gasteiger partial charge in [0.15, 0.2) is 5.78 Å². The van der Waals surface area contributed by atoms with Crippen LogP contribution in [0.3, 0.4) is 0 Å². The van der Waals surface area contributed by atoms with Crippen LogP contribution >= 0.6 is 0 Å². The highest BCUT2D eigenvalue weighted by Crippen LogP contribution is 2.31. The molecule has 0 aliphatic rings. The number of ketones is 1. The van der Waals surface area contributed by atoms with E-state index < -0.39 is 30.0 Å². The van der Waals surface area contributed by atoms with Crippen molar-refractivity contribution < 1.29 is 43.2 Å². The molecule has 1 unspecified atom stereocenters. The van der Waals surface area contributed by atoms with Crippen molar-refractivity contribution in [3.63, 3.8) is 0 Å². The Hall–Kier alpha value is -4.76. The third kappa shape index (κ3) is 6.87. The van der Waals surface area contributed by atoms with Crippen LogP contribution in [0.25, 0.3) is 0 Å². The molecule has 2 aromatic rings. The molecule has 0 heterocycles. The average molecular weight is 464 g/mol. The Morgan fingerprint density at radius 2 is 1.29 bits per heavy atom. The van der Waals surface area contributed by atoms with Crippen LogP contribution in [-0.2, 0) is 14.4 Å². The summed E-state index contributed by atoms with van der Waals surface area (Å²) in [7, 11) is 0. The summed E-state index contributed by atoms with van der Waals surface area (Å²) in [6.07, 6.45) is 2.43. The Morgan fingerprint density at radius 1 is 0.735 bits per heavy atom. The topological polar surface area (TPSA) is 125 Å². The van der Waals surface area contributed by atoms with Crippen molar-refractivity contribution in [2.45, 2.75) is 6.29 Å². The van der Waals surface area contributed by atoms with Crippen LogP contribution < -0.4 is 18.9 Å². The van der Waals surface area contributed by atoms with Gasteiger partial charge in [0.05, 0.1) is 5.56 Å². The zero-order valence-corrected chi connectivity index (χ0v) is 17.9. The zero-order valence-electron chi connectivity index (χ0n) is 17.9. The summed E-state index contributed by atoms with van der Waals surface area (Å²) >= 11 is 0. The highest BCUT2D eigenvalue weighted by atomic mass is 16.6. The average Bonchev–Trinajstić information content (AvgIpc) is 2.83. The van der Waals surface area contributed by atoms with Gasteiger partial charge in [-0.3, -0.25) is 4.79 Å². The van der Waals surface area contributed by atoms with Crippen molar-refractivity contribution in [1.82, 2.24) is 0 Å². The quantitative estimate of drug-likeness (QED) is 0.133. The number of hydrogen-bond donors (Lipinski definition) is 1. The van der Waals surface area contributed by atoms with Crippen molar-refractivity contribution in [2.24, 2.45) is 0 Å². The van der Waals surface area contributed by atoms with Gasteiger partial charge in [-0.25, -0.2) is 14.4 Å². The normalized spacial score (nSPS) is 10.7. The van der Waals surface area contributed by atoms with Crippen LogP contribution in [0.15, 0.2) is 87.0 Å². The number of aliphatic hydroxyl groups is 1. The highest BCUT2D eigenvalue weighted by molar-refractivity contribution is 6.11. The number of esters is 3. The monoisotopic (exact) mass is 464 g/mol. The fourth-order valence-electron chi connectivity index (χ4n) is 2.48. The number of hydrogen-bond acceptors (Lipinski definition) is 9. The van der Waals surface area contributed by atoms with E-state index in [4.69, 9.17) is 18.9 Å². The molecule has 174 valence electrons. The second-order valence-corrected chi connectivity index (χ2v) is 6.30. The lowest BCUT2D eigenvalue weighted by Crippen LogP contribution is -2.14. The van der Waals surface area contributed by atoms with Crippen LogP contribution in [0.4, 0.5) is 0 Å². The van der Waals surface area contributed by atoms with Crippen LogP contribution in [0.2, 0.25) is 0 Å². The second-order valence-electron chi connectivity index (χ2n) is 6.30. The van der Waals surface area contributed by atoms with Crippen molar-refractivity contribution in [1.29, 1.82) is 0 Å². The Morgan fingerprint density at radius 3 is 1.88 bits per heavy atom. The summed E-state index contributed by atoms with van der Waals surface area (Å²) in [5, 5.41) is 9.71. The Labute approximate surface area is 194 Å². The van der Waals surface area contributed by atoms with Crippen molar-refractivity contribution in [3.05, 3.63) is 98.1 Å². The summed E-state index contributed by atoms with van der Waals surface area (Å²) in [6.45, 7) is 13.3. The van der Waals surface area contributed by atoms with Gasteiger partial charge >= 0.3 is 17.9 Å². The van der Waals surface area contributed by atoms with Crippen LogP contribution in [0.5, 0.6) is 23.0 Å². The Kier molecular flexibility index (Phi) is 8.81. The van der Waals surface area contributed by atoms with Gasteiger partial charge in [-0.15, -0.1) is 0 Å². The predicted molar refractivity (Wildman–Crippen MR) is 121 cm³/mol. The van der Waals surface area contributed by atoms with Gasteiger partial charge in [0.25, 0.3) is 0 Å². The van der Waals surface area contributed by atoms with Gasteiger partial charge in [0, 0.05) is 35.9 Å². The lowest BCUT2D eigenvalue weighted by molar-refractivity contribution is -0.130. The lowest BCUT2D eigenvalue weighted by atomic mass is 10.0. The van der Waals surface area contributed by atoms with E-state index in [0.29, 0.717) is 0 Å². The van der Waals surface area contributed by atoms with E-state index in [2.05, 4.69) is 26.3 Å². The van der Waals surface area contributed by atoms with E-state index in [0.717, 1.165) is 30.4 Å². The number of ether oxygens (including phenoxy) is 4. The molecule has 0 radical (unpaired) electrons. The van der Waals surface area contributed by atoms with Gasteiger partial charge in [0.1, 0.15) is 23.0 Å². The predicted octanol–water partition coefficient (Wildman–Crippen LogP) is 3.08. The number of aliphatic hydroxyl groups excluding tert-OH is 1. The van der Waals surface area contributed by atoms with Gasteiger partial charge in [-0.1, -0.05) is 26.3 Å². The molecule has 34 heavy (non-hydrogen) atoms. The number of carbonyl (C=O) groups excluding carboxylic acids is 4. The van der Waals surface area contributed by atoms with Gasteiger partial charge < -0.3 is 24.1 Å². The van der Waals surface area contributed by atoms with Gasteiger partial charge in [-0.2, -0.15) is 0 Å². The van der Waals surface area contributed by atoms with E-state index >= 15 is 0 Å². The SMILES string of the molecule is C=CC(=O)Oc1cc(OC(O)C=C)cc(C(=O)c2ccc(OC(=O)C=C)cc2OC(=O)C=C)c1. The summed E-state index contributed by atoms with van der Waals surface area (Å²) < 4.78 is 20.4. The molecule has 0 spiro atoms. The molecule has 0 aliphatic carbocycles. The fourth-order valence-corrected chi connectivity index (χ4v) is 2.48. The van der Waals surface area contributed by atoms with E-state index in [-0.39, 0.29) is 34.1 Å². The van der Waals surface area contributed by atoms with E-state index in [9.17, 15) is 24.3 Å². The molecule has 0 fully saturated rings. The maximum absolute atomic E-state index is 13.3. The number of benzene rings is 2. The highest BCUT2D eigenvalue weighted by Gasteiger charge is 2.21. The minimum Gasteiger partial charge on any atom is -0.461 e. The first-order chi connectivity index (χ1) is 16.2. The second kappa shape index (κ2) is 11.7. The third-order valence-corrected chi connectivity index (χ3v) is 3.95. The minimum atomic E-state index is -1.41. The number of carbonyl (C=O) groups is 4. The summed E-state index contributed by atoms with van der Waals surface area (Å²) in [4.78, 5) is 48.2. The first-order valence-electron chi connectivity index (χ1n) is 9.54. The van der Waals surface area contributed by atoms with Gasteiger partial charge in [0.2, 0.25) is 6.29 Å². The minimum absolute atomic E-state index is 0.0138. The fraction of sp³-hybridized carbons (Fsp3) is 0.0400. The molecule has 0 aromatic heterocycles. The molecular formula is C25H20O9. The molecule has 1 N–H and O–H groups in total. The van der Waals surface area contributed by atoms with E-state index in [1.165, 1.54) is 30.3 Å². The third-order valence-electron chi connectivity index (χ3n) is 3.95. The summed E-state index contributed by atoms with van der Waals surface area (Å²) in [5.74, 6) is -3.45. The summed E-state index contributed by atoms with van der Waals surface area (Å²) in [6, 6.07) is 7.51. The standard InChI is InChI=1S/C25H20O9/c1-5-21(26)31-16-9-10-19(20(14-16)34-24(29)8-4)25(30)15-11-17(32-22(27)6-2)13-18(12-15)33-23(28)7-3/h5-14,22,27H,1-4H2. The van der Waals surface area contributed by atoms with Crippen molar-refractivity contribution >= 4 is 23.7 Å². The van der Waals surface area contributed by atoms with Crippen molar-refractivity contribution in [2.75, 3.05) is 0 Å². The van der Waals surface area contributed by atoms with Crippen molar-refractivity contribution in [3.8, 4) is 23.0 Å². The van der Waals surface area contributed by atoms with Crippen LogP contribution in [-0.4, -0.2) is 35.1 Å². The van der Waals surface area contributed by atoms with Crippen LogP contribution in [0, 0.1) is 0 Å². The molecule has 2 rings (SSSR count). The molecule has 0 saturated carbocycles. The zero-order chi connectivity index (χ0) is 25.3. The first-order valence-corrected chi connectivity index (χ1v) is 9.54. The molecule has 1 atom stereocenters. The lowest BCUT2D eigenvalue weighted by Gasteiger charge is -2.14. The van der Waals surface area contributed by atoms with E-state index in [1.54, 1.807) is 0 Å². The Bertz CT molecular complexity index is 1180.